The molecular formula is C33H29N3O2. The van der Waals surface area contributed by atoms with Crippen LogP contribution in [0.1, 0.15) is 36.0 Å². The summed E-state index contributed by atoms with van der Waals surface area (Å²) in [5.41, 5.74) is 6.61. The molecule has 1 aliphatic rings. The second-order valence-electron chi connectivity index (χ2n) is 9.81. The molecule has 5 aromatic rings. The van der Waals surface area contributed by atoms with Gasteiger partial charge in [-0.15, -0.1) is 0 Å². The standard InChI is InChI=1S/C33H29N3O2/c1-22-14-16-26(17-15-22)36-33(37)24-9-7-8-23(18-24)30-21-35-32-29(30)19-25(20-34-32)28-12-5-6-13-31(28)38-27-10-3-2-4-11-27/h2-13,18-21,26H,1,14-17H2,(H,34,35)(H,36,37). The number of pyridine rings is 1. The molecule has 3 aromatic carbocycles. The number of para-hydroxylation sites is 2. The molecule has 2 heterocycles. The topological polar surface area (TPSA) is 67.0 Å². The lowest BCUT2D eigenvalue weighted by Crippen LogP contribution is -2.36. The van der Waals surface area contributed by atoms with Crippen molar-refractivity contribution in [1.29, 1.82) is 0 Å². The predicted octanol–water partition coefficient (Wildman–Crippen LogP) is 7.92. The number of aromatic amines is 1. The zero-order chi connectivity index (χ0) is 25.9. The van der Waals surface area contributed by atoms with E-state index in [0.29, 0.717) is 5.56 Å². The SMILES string of the molecule is C=C1CCC(NC(=O)c2cccc(-c3c[nH]c4ncc(-c5ccccc5Oc5ccccc5)cc34)c2)CC1. The van der Waals surface area contributed by atoms with Crippen LogP contribution in [0.25, 0.3) is 33.3 Å². The van der Waals surface area contributed by atoms with Gasteiger partial charge in [0.1, 0.15) is 17.1 Å². The minimum Gasteiger partial charge on any atom is -0.457 e. The van der Waals surface area contributed by atoms with Gasteiger partial charge in [-0.25, -0.2) is 4.98 Å². The number of aromatic nitrogens is 2. The van der Waals surface area contributed by atoms with E-state index in [4.69, 9.17) is 9.72 Å². The van der Waals surface area contributed by atoms with Crippen LogP contribution in [0.4, 0.5) is 0 Å². The highest BCUT2D eigenvalue weighted by Crippen LogP contribution is 2.36. The number of H-pyrrole nitrogens is 1. The molecule has 0 bridgehead atoms. The first-order valence-electron chi connectivity index (χ1n) is 13.0. The van der Waals surface area contributed by atoms with Gasteiger partial charge < -0.3 is 15.0 Å². The Morgan fingerprint density at radius 2 is 1.68 bits per heavy atom. The molecule has 188 valence electrons. The molecule has 5 nitrogen and oxygen atoms in total. The molecule has 0 spiro atoms. The van der Waals surface area contributed by atoms with Crippen LogP contribution < -0.4 is 10.1 Å². The van der Waals surface area contributed by atoms with Crippen LogP contribution in [0.5, 0.6) is 11.5 Å². The van der Waals surface area contributed by atoms with Crippen LogP contribution in [-0.4, -0.2) is 21.9 Å². The molecule has 2 aromatic heterocycles. The minimum atomic E-state index is -0.0324. The van der Waals surface area contributed by atoms with E-state index < -0.39 is 0 Å². The van der Waals surface area contributed by atoms with E-state index in [2.05, 4.69) is 22.9 Å². The summed E-state index contributed by atoms with van der Waals surface area (Å²) in [4.78, 5) is 21.0. The van der Waals surface area contributed by atoms with Crippen LogP contribution in [0.15, 0.2) is 109 Å². The lowest BCUT2D eigenvalue weighted by atomic mass is 9.91. The molecule has 38 heavy (non-hydrogen) atoms. The zero-order valence-electron chi connectivity index (χ0n) is 21.1. The number of rotatable bonds is 6. The average molecular weight is 500 g/mol. The van der Waals surface area contributed by atoms with Gasteiger partial charge in [0.2, 0.25) is 0 Å². The summed E-state index contributed by atoms with van der Waals surface area (Å²) < 4.78 is 6.20. The normalized spacial score (nSPS) is 13.9. The van der Waals surface area contributed by atoms with Crippen LogP contribution >= 0.6 is 0 Å². The van der Waals surface area contributed by atoms with Crippen molar-refractivity contribution < 1.29 is 9.53 Å². The van der Waals surface area contributed by atoms with E-state index >= 15 is 0 Å². The van der Waals surface area contributed by atoms with Gasteiger partial charge in [-0.2, -0.15) is 0 Å². The van der Waals surface area contributed by atoms with Crippen LogP contribution in [-0.2, 0) is 0 Å². The Kier molecular flexibility index (Phi) is 6.49. The van der Waals surface area contributed by atoms with Gasteiger partial charge in [0, 0.05) is 46.1 Å². The quantitative estimate of drug-likeness (QED) is 0.233. The molecule has 6 rings (SSSR count). The number of allylic oxidation sites excluding steroid dienone is 1. The van der Waals surface area contributed by atoms with Crippen LogP contribution in [0.3, 0.4) is 0 Å². The smallest absolute Gasteiger partial charge is 0.251 e. The number of nitrogens with one attached hydrogen (secondary N) is 2. The first-order chi connectivity index (χ1) is 18.6. The van der Waals surface area contributed by atoms with Crippen molar-refractivity contribution in [3.05, 3.63) is 115 Å². The molecule has 1 aliphatic carbocycles. The van der Waals surface area contributed by atoms with E-state index in [9.17, 15) is 4.79 Å². The van der Waals surface area contributed by atoms with Crippen molar-refractivity contribution in [2.45, 2.75) is 31.7 Å². The van der Waals surface area contributed by atoms with Crippen LogP contribution in [0.2, 0.25) is 0 Å². The highest BCUT2D eigenvalue weighted by Gasteiger charge is 2.19. The van der Waals surface area contributed by atoms with E-state index in [0.717, 1.165) is 70.5 Å². The summed E-state index contributed by atoms with van der Waals surface area (Å²) >= 11 is 0. The summed E-state index contributed by atoms with van der Waals surface area (Å²) in [6, 6.07) is 27.9. The maximum atomic E-state index is 13.0. The molecular weight excluding hydrogens is 470 g/mol. The summed E-state index contributed by atoms with van der Waals surface area (Å²) in [6.45, 7) is 4.07. The fraction of sp³-hybridized carbons (Fsp3) is 0.152. The third kappa shape index (κ3) is 4.96. The van der Waals surface area contributed by atoms with Crippen molar-refractivity contribution in [2.24, 2.45) is 0 Å². The van der Waals surface area contributed by atoms with Gasteiger partial charge in [0.15, 0.2) is 0 Å². The van der Waals surface area contributed by atoms with Gasteiger partial charge in [-0.1, -0.05) is 60.7 Å². The molecule has 0 atom stereocenters. The van der Waals surface area contributed by atoms with Crippen molar-refractivity contribution >= 4 is 16.9 Å². The predicted molar refractivity (Wildman–Crippen MR) is 152 cm³/mol. The third-order valence-electron chi connectivity index (χ3n) is 7.16. The number of ether oxygens (including phenoxy) is 1. The monoisotopic (exact) mass is 499 g/mol. The Balaban J connectivity index is 1.30. The summed E-state index contributed by atoms with van der Waals surface area (Å²) in [5.74, 6) is 1.52. The van der Waals surface area contributed by atoms with Gasteiger partial charge in [-0.3, -0.25) is 4.79 Å². The average Bonchev–Trinajstić information content (AvgIpc) is 3.39. The van der Waals surface area contributed by atoms with Crippen molar-refractivity contribution in [2.75, 3.05) is 0 Å². The lowest BCUT2D eigenvalue weighted by Gasteiger charge is -2.24. The Bertz CT molecular complexity index is 1610. The first-order valence-corrected chi connectivity index (χ1v) is 13.0. The molecule has 1 fully saturated rings. The number of carbonyl (C=O) groups excluding carboxylic acids is 1. The Labute approximate surface area is 222 Å². The third-order valence-corrected chi connectivity index (χ3v) is 7.16. The molecule has 0 unspecified atom stereocenters. The second kappa shape index (κ2) is 10.4. The highest BCUT2D eigenvalue weighted by atomic mass is 16.5. The molecule has 2 N–H and O–H groups in total. The molecule has 0 aliphatic heterocycles. The largest absolute Gasteiger partial charge is 0.457 e. The van der Waals surface area contributed by atoms with Crippen molar-refractivity contribution in [3.63, 3.8) is 0 Å². The Hall–Kier alpha value is -4.64. The van der Waals surface area contributed by atoms with Gasteiger partial charge >= 0.3 is 0 Å². The Morgan fingerprint density at radius 1 is 0.895 bits per heavy atom. The van der Waals surface area contributed by atoms with Crippen molar-refractivity contribution in [1.82, 2.24) is 15.3 Å². The second-order valence-corrected chi connectivity index (χ2v) is 9.81. The maximum Gasteiger partial charge on any atom is 0.251 e. The van der Waals surface area contributed by atoms with Crippen molar-refractivity contribution in [3.8, 4) is 33.8 Å². The van der Waals surface area contributed by atoms with E-state index in [1.807, 2.05) is 91.3 Å². The number of hydrogen-bond donors (Lipinski definition) is 2. The molecule has 1 saturated carbocycles. The number of nitrogens with zero attached hydrogens (tertiary/aromatic N) is 1. The molecule has 1 amide bonds. The first kappa shape index (κ1) is 23.7. The lowest BCUT2D eigenvalue weighted by molar-refractivity contribution is 0.0930. The number of fused-ring (bicyclic) bond motifs is 1. The number of benzene rings is 3. The highest BCUT2D eigenvalue weighted by molar-refractivity contribution is 5.99. The Morgan fingerprint density at radius 3 is 2.53 bits per heavy atom. The fourth-order valence-corrected chi connectivity index (χ4v) is 5.07. The molecule has 0 radical (unpaired) electrons. The van der Waals surface area contributed by atoms with E-state index in [-0.39, 0.29) is 11.9 Å². The summed E-state index contributed by atoms with van der Waals surface area (Å²) in [5, 5.41) is 4.19. The van der Waals surface area contributed by atoms with E-state index in [1.165, 1.54) is 5.57 Å². The summed E-state index contributed by atoms with van der Waals surface area (Å²) in [7, 11) is 0. The maximum absolute atomic E-state index is 13.0. The summed E-state index contributed by atoms with van der Waals surface area (Å²) in [6.07, 6.45) is 7.69. The minimum absolute atomic E-state index is 0.0324. The molecule has 5 heteroatoms. The van der Waals surface area contributed by atoms with Crippen LogP contribution in [0, 0.1) is 0 Å². The van der Waals surface area contributed by atoms with Gasteiger partial charge in [-0.05, 0) is 67.6 Å². The molecule has 0 saturated heterocycles. The number of amides is 1. The van der Waals surface area contributed by atoms with Gasteiger partial charge in [0.05, 0.1) is 0 Å². The van der Waals surface area contributed by atoms with E-state index in [1.54, 1.807) is 0 Å². The fourth-order valence-electron chi connectivity index (χ4n) is 5.07. The number of carbonyl (C=O) groups is 1. The number of hydrogen-bond acceptors (Lipinski definition) is 3. The van der Waals surface area contributed by atoms with Gasteiger partial charge in [0.25, 0.3) is 5.91 Å². The zero-order valence-corrected chi connectivity index (χ0v) is 21.1.